The van der Waals surface area contributed by atoms with E-state index in [4.69, 9.17) is 5.14 Å². The minimum atomic E-state index is -4.16. The number of nitrogens with one attached hydrogen (secondary N) is 1. The predicted molar refractivity (Wildman–Crippen MR) is 85.8 cm³/mol. The summed E-state index contributed by atoms with van der Waals surface area (Å²) in [5, 5.41) is 19.3. The van der Waals surface area contributed by atoms with Gasteiger partial charge in [0.2, 0.25) is 10.0 Å². The van der Waals surface area contributed by atoms with Crippen LogP contribution in [0.5, 0.6) is 0 Å². The van der Waals surface area contributed by atoms with Crippen molar-refractivity contribution in [3.05, 3.63) is 63.7 Å². The number of sulfonamides is 1. The maximum Gasteiger partial charge on any atom is 0.312 e. The molecule has 2 aromatic carbocycles. The lowest BCUT2D eigenvalue weighted by molar-refractivity contribution is -0.386. The predicted octanol–water partition coefficient (Wildman–Crippen LogP) is 1.99. The van der Waals surface area contributed by atoms with E-state index in [2.05, 4.69) is 11.4 Å². The van der Waals surface area contributed by atoms with Gasteiger partial charge in [-0.25, -0.2) is 13.6 Å². The quantitative estimate of drug-likeness (QED) is 0.641. The molecule has 8 heteroatoms. The zero-order chi connectivity index (χ0) is 16.6. The Morgan fingerprint density at radius 3 is 2.61 bits per heavy atom. The lowest BCUT2D eigenvalue weighted by Gasteiger charge is -2.30. The molecule has 0 fully saturated rings. The first-order valence-electron chi connectivity index (χ1n) is 7.00. The number of nitro benzene ring substituents is 1. The van der Waals surface area contributed by atoms with Gasteiger partial charge in [0.05, 0.1) is 4.92 Å². The number of fused-ring (bicyclic) bond motifs is 1. The van der Waals surface area contributed by atoms with E-state index in [9.17, 15) is 18.5 Å². The topological polar surface area (TPSA) is 115 Å². The monoisotopic (exact) mass is 333 g/mol. The van der Waals surface area contributed by atoms with E-state index in [1.165, 1.54) is 23.3 Å². The molecule has 0 aliphatic heterocycles. The Labute approximate surface area is 133 Å². The van der Waals surface area contributed by atoms with Crippen LogP contribution in [0.25, 0.3) is 0 Å². The number of hydrogen-bond acceptors (Lipinski definition) is 5. The van der Waals surface area contributed by atoms with Gasteiger partial charge < -0.3 is 5.32 Å². The number of hydrogen-bond donors (Lipinski definition) is 2. The molecule has 0 bridgehead atoms. The van der Waals surface area contributed by atoms with Gasteiger partial charge in [0, 0.05) is 12.5 Å². The Morgan fingerprint density at radius 1 is 1.22 bits per heavy atom. The molecule has 0 saturated heterocycles. The van der Waals surface area contributed by atoms with Crippen LogP contribution in [-0.4, -0.2) is 19.9 Å². The van der Waals surface area contributed by atoms with E-state index in [0.29, 0.717) is 6.54 Å². The summed E-state index contributed by atoms with van der Waals surface area (Å²) in [7, 11) is -4.16. The van der Waals surface area contributed by atoms with Gasteiger partial charge in [0.25, 0.3) is 0 Å². The first-order valence-corrected chi connectivity index (χ1v) is 8.54. The van der Waals surface area contributed by atoms with Crippen molar-refractivity contribution in [2.45, 2.75) is 17.2 Å². The zero-order valence-corrected chi connectivity index (χ0v) is 12.9. The van der Waals surface area contributed by atoms with E-state index < -0.39 is 25.5 Å². The molecule has 0 radical (unpaired) electrons. The van der Waals surface area contributed by atoms with Crippen LogP contribution in [0.3, 0.4) is 0 Å². The highest BCUT2D eigenvalue weighted by Crippen LogP contribution is 2.36. The maximum absolute atomic E-state index is 11.5. The third-order valence-corrected chi connectivity index (χ3v) is 4.93. The summed E-state index contributed by atoms with van der Waals surface area (Å²) in [6, 6.07) is 12.1. The molecule has 2 aromatic rings. The van der Waals surface area contributed by atoms with Crippen LogP contribution in [0.4, 0.5) is 11.4 Å². The number of rotatable bonds is 5. The van der Waals surface area contributed by atoms with Gasteiger partial charge in [-0.05, 0) is 29.7 Å². The second-order valence-corrected chi connectivity index (χ2v) is 6.97. The molecule has 7 nitrogen and oxygen atoms in total. The number of nitrogens with two attached hydrogens (primary N) is 1. The van der Waals surface area contributed by atoms with E-state index in [0.717, 1.165) is 12.5 Å². The molecule has 23 heavy (non-hydrogen) atoms. The molecule has 120 valence electrons. The fraction of sp³-hybridized carbons (Fsp3) is 0.200. The Bertz CT molecular complexity index is 880. The van der Waals surface area contributed by atoms with E-state index in [1.54, 1.807) is 0 Å². The number of benzene rings is 2. The summed E-state index contributed by atoms with van der Waals surface area (Å²) < 4.78 is 23.1. The van der Waals surface area contributed by atoms with Crippen LogP contribution in [0.15, 0.2) is 47.4 Å². The largest absolute Gasteiger partial charge is 0.379 e. The Balaban J connectivity index is 1.86. The molecule has 3 rings (SSSR count). The van der Waals surface area contributed by atoms with Gasteiger partial charge >= 0.3 is 5.69 Å². The molecule has 3 N–H and O–H groups in total. The smallest absolute Gasteiger partial charge is 0.312 e. The highest BCUT2D eigenvalue weighted by Gasteiger charge is 2.29. The van der Waals surface area contributed by atoms with Crippen LogP contribution < -0.4 is 10.5 Å². The average molecular weight is 333 g/mol. The van der Waals surface area contributed by atoms with Gasteiger partial charge in [0.15, 0.2) is 4.90 Å². The van der Waals surface area contributed by atoms with Crippen LogP contribution in [0.2, 0.25) is 0 Å². The van der Waals surface area contributed by atoms with Crippen molar-refractivity contribution in [1.82, 2.24) is 0 Å². The number of primary sulfonamides is 1. The fourth-order valence-electron chi connectivity index (χ4n) is 2.86. The highest BCUT2D eigenvalue weighted by molar-refractivity contribution is 7.89. The lowest BCUT2D eigenvalue weighted by atomic mass is 9.77. The van der Waals surface area contributed by atoms with Crippen molar-refractivity contribution in [2.75, 3.05) is 11.9 Å². The molecule has 1 atom stereocenters. The molecule has 0 amide bonds. The van der Waals surface area contributed by atoms with Crippen LogP contribution in [0, 0.1) is 10.1 Å². The van der Waals surface area contributed by atoms with E-state index in [-0.39, 0.29) is 11.6 Å². The SMILES string of the molecule is NS(=O)(=O)c1cccc(NC[C@@H]2Cc3ccccc32)c1[N+](=O)[O-]. The zero-order valence-electron chi connectivity index (χ0n) is 12.1. The Hall–Kier alpha value is -2.45. The summed E-state index contributed by atoms with van der Waals surface area (Å²) in [5.41, 5.74) is 2.13. The van der Waals surface area contributed by atoms with Crippen molar-refractivity contribution in [1.29, 1.82) is 0 Å². The number of nitro groups is 1. The Morgan fingerprint density at radius 2 is 1.96 bits per heavy atom. The molecule has 1 aliphatic carbocycles. The molecule has 0 aromatic heterocycles. The molecule has 0 heterocycles. The van der Waals surface area contributed by atoms with Gasteiger partial charge in [-0.2, -0.15) is 0 Å². The first-order chi connectivity index (χ1) is 10.9. The second kappa shape index (κ2) is 5.64. The number of anilines is 1. The fourth-order valence-corrected chi connectivity index (χ4v) is 3.58. The van der Waals surface area contributed by atoms with Crippen molar-refractivity contribution in [3.8, 4) is 0 Å². The molecule has 0 spiro atoms. The summed E-state index contributed by atoms with van der Waals surface area (Å²) in [6.07, 6.45) is 0.895. The van der Waals surface area contributed by atoms with Gasteiger partial charge in [-0.15, -0.1) is 0 Å². The van der Waals surface area contributed by atoms with Crippen molar-refractivity contribution in [2.24, 2.45) is 5.14 Å². The van der Waals surface area contributed by atoms with E-state index >= 15 is 0 Å². The molecule has 1 aliphatic rings. The summed E-state index contributed by atoms with van der Waals surface area (Å²) >= 11 is 0. The molecule has 0 saturated carbocycles. The average Bonchev–Trinajstić information content (AvgIpc) is 2.46. The minimum Gasteiger partial charge on any atom is -0.379 e. The lowest BCUT2D eigenvalue weighted by Crippen LogP contribution is -2.24. The van der Waals surface area contributed by atoms with E-state index in [1.807, 2.05) is 18.2 Å². The first kappa shape index (κ1) is 15.4. The molecule has 0 unspecified atom stereocenters. The minimum absolute atomic E-state index is 0.158. The third kappa shape index (κ3) is 2.90. The summed E-state index contributed by atoms with van der Waals surface area (Å²) in [6.45, 7) is 0.492. The van der Waals surface area contributed by atoms with Gasteiger partial charge in [0.1, 0.15) is 5.69 Å². The van der Waals surface area contributed by atoms with Crippen molar-refractivity contribution >= 4 is 21.4 Å². The molecular formula is C15H15N3O4S. The summed E-state index contributed by atoms with van der Waals surface area (Å²) in [4.78, 5) is 10.1. The maximum atomic E-state index is 11.5. The van der Waals surface area contributed by atoms with Crippen LogP contribution >= 0.6 is 0 Å². The normalized spacial score (nSPS) is 16.3. The number of nitrogens with zero attached hydrogens (tertiary/aromatic N) is 1. The standard InChI is InChI=1S/C15H15N3O4S/c16-23(21,22)14-7-3-6-13(15(14)18(19)20)17-9-11-8-10-4-1-2-5-12(10)11/h1-7,11,17H,8-9H2,(H2,16,21,22)/t11-/m0/s1. The third-order valence-electron chi connectivity index (χ3n) is 3.99. The summed E-state index contributed by atoms with van der Waals surface area (Å²) in [5.74, 6) is 0.254. The van der Waals surface area contributed by atoms with Crippen LogP contribution in [-0.2, 0) is 16.4 Å². The van der Waals surface area contributed by atoms with Gasteiger partial charge in [-0.3, -0.25) is 10.1 Å². The van der Waals surface area contributed by atoms with Crippen molar-refractivity contribution in [3.63, 3.8) is 0 Å². The second-order valence-electron chi connectivity index (χ2n) is 5.44. The number of para-hydroxylation sites is 1. The Kier molecular flexibility index (Phi) is 3.78. The highest BCUT2D eigenvalue weighted by atomic mass is 32.2. The van der Waals surface area contributed by atoms with Crippen molar-refractivity contribution < 1.29 is 13.3 Å². The van der Waals surface area contributed by atoms with Crippen LogP contribution in [0.1, 0.15) is 17.0 Å². The van der Waals surface area contributed by atoms with Gasteiger partial charge in [-0.1, -0.05) is 30.3 Å². The molecular weight excluding hydrogens is 318 g/mol.